The van der Waals surface area contributed by atoms with Crippen LogP contribution in [0.15, 0.2) is 29.3 Å². The van der Waals surface area contributed by atoms with Crippen LogP contribution in [0.4, 0.5) is 0 Å². The first-order chi connectivity index (χ1) is 9.67. The van der Waals surface area contributed by atoms with Crippen LogP contribution in [0.1, 0.15) is 24.8 Å². The molecule has 1 aromatic rings. The first kappa shape index (κ1) is 13.0. The van der Waals surface area contributed by atoms with Crippen molar-refractivity contribution in [3.05, 3.63) is 29.8 Å². The van der Waals surface area contributed by atoms with Crippen molar-refractivity contribution in [2.45, 2.75) is 31.4 Å². The first-order valence-electron chi connectivity index (χ1n) is 6.79. The predicted molar refractivity (Wildman–Crippen MR) is 73.2 cm³/mol. The molecule has 3 unspecified atom stereocenters. The van der Waals surface area contributed by atoms with Crippen LogP contribution in [0, 0.1) is 5.92 Å². The van der Waals surface area contributed by atoms with Gasteiger partial charge >= 0.3 is 5.97 Å². The average molecular weight is 275 g/mol. The molecule has 0 radical (unpaired) electrons. The smallest absolute Gasteiger partial charge is 0.306 e. The van der Waals surface area contributed by atoms with Crippen molar-refractivity contribution in [2.24, 2.45) is 10.9 Å². The van der Waals surface area contributed by atoms with Gasteiger partial charge in [0.2, 0.25) is 5.90 Å². The highest BCUT2D eigenvalue weighted by Crippen LogP contribution is 2.33. The van der Waals surface area contributed by atoms with Crippen LogP contribution in [0.5, 0.6) is 5.75 Å². The number of fused-ring (bicyclic) bond motifs is 1. The van der Waals surface area contributed by atoms with E-state index in [-0.39, 0.29) is 18.1 Å². The number of aliphatic imine (C=N–C) groups is 1. The number of ether oxygens (including phenoxy) is 2. The Hall–Kier alpha value is -2.04. The maximum absolute atomic E-state index is 11.1. The van der Waals surface area contributed by atoms with Crippen molar-refractivity contribution in [1.29, 1.82) is 0 Å². The molecule has 0 aromatic heterocycles. The lowest BCUT2D eigenvalue weighted by Crippen LogP contribution is -2.34. The van der Waals surface area contributed by atoms with Gasteiger partial charge in [0.05, 0.1) is 19.1 Å². The molecular formula is C15H17NO4. The molecule has 1 heterocycles. The lowest BCUT2D eigenvalue weighted by atomic mass is 9.84. The van der Waals surface area contributed by atoms with Crippen molar-refractivity contribution >= 4 is 11.9 Å². The SMILES string of the molecule is COc1ccc(C2=NC3CCC(C(=O)O)CC3O2)cc1. The van der Waals surface area contributed by atoms with Crippen molar-refractivity contribution in [3.63, 3.8) is 0 Å². The second-order valence-corrected chi connectivity index (χ2v) is 5.23. The third-order valence-corrected chi connectivity index (χ3v) is 3.99. The van der Waals surface area contributed by atoms with Crippen LogP contribution >= 0.6 is 0 Å². The quantitative estimate of drug-likeness (QED) is 0.917. The largest absolute Gasteiger partial charge is 0.497 e. The molecule has 3 atom stereocenters. The number of hydrogen-bond donors (Lipinski definition) is 1. The second kappa shape index (κ2) is 5.15. The van der Waals surface area contributed by atoms with E-state index in [4.69, 9.17) is 14.6 Å². The molecule has 2 aliphatic rings. The van der Waals surface area contributed by atoms with Crippen LogP contribution in [-0.2, 0) is 9.53 Å². The Morgan fingerprint density at radius 2 is 2.10 bits per heavy atom. The minimum Gasteiger partial charge on any atom is -0.497 e. The fraction of sp³-hybridized carbons (Fsp3) is 0.467. The van der Waals surface area contributed by atoms with Crippen LogP contribution in [-0.4, -0.2) is 36.2 Å². The van der Waals surface area contributed by atoms with E-state index in [9.17, 15) is 4.79 Å². The average Bonchev–Trinajstić information content (AvgIpc) is 2.90. The number of aliphatic carboxylic acids is 1. The number of rotatable bonds is 3. The molecule has 5 nitrogen and oxygen atoms in total. The van der Waals surface area contributed by atoms with Gasteiger partial charge in [0.15, 0.2) is 0 Å². The van der Waals surface area contributed by atoms with Crippen molar-refractivity contribution in [2.75, 3.05) is 7.11 Å². The van der Waals surface area contributed by atoms with Gasteiger partial charge in [-0.15, -0.1) is 0 Å². The highest BCUT2D eigenvalue weighted by Gasteiger charge is 2.39. The zero-order valence-electron chi connectivity index (χ0n) is 11.3. The summed E-state index contributed by atoms with van der Waals surface area (Å²) in [5.41, 5.74) is 0.909. The van der Waals surface area contributed by atoms with Gasteiger partial charge in [-0.05, 0) is 43.5 Å². The predicted octanol–water partition coefficient (Wildman–Crippen LogP) is 2.09. The minimum atomic E-state index is -0.732. The maximum atomic E-state index is 11.1. The van der Waals surface area contributed by atoms with Crippen LogP contribution < -0.4 is 4.74 Å². The molecule has 1 N–H and O–H groups in total. The van der Waals surface area contributed by atoms with Gasteiger partial charge < -0.3 is 14.6 Å². The summed E-state index contributed by atoms with van der Waals surface area (Å²) in [5.74, 6) is 0.371. The van der Waals surface area contributed by atoms with E-state index in [0.717, 1.165) is 17.7 Å². The minimum absolute atomic E-state index is 0.0954. The zero-order valence-corrected chi connectivity index (χ0v) is 11.3. The molecule has 1 saturated carbocycles. The molecule has 5 heteroatoms. The molecular weight excluding hydrogens is 258 g/mol. The molecule has 3 rings (SSSR count). The Bertz CT molecular complexity index is 537. The number of carbonyl (C=O) groups is 1. The summed E-state index contributed by atoms with van der Waals surface area (Å²) < 4.78 is 11.0. The normalized spacial score (nSPS) is 28.2. The van der Waals surface area contributed by atoms with Crippen LogP contribution in [0.2, 0.25) is 0 Å². The molecule has 1 aromatic carbocycles. The summed E-state index contributed by atoms with van der Waals surface area (Å²) in [6, 6.07) is 7.64. The molecule has 20 heavy (non-hydrogen) atoms. The highest BCUT2D eigenvalue weighted by atomic mass is 16.5. The third-order valence-electron chi connectivity index (χ3n) is 3.99. The topological polar surface area (TPSA) is 68.1 Å². The molecule has 1 aliphatic heterocycles. The van der Waals surface area contributed by atoms with Gasteiger partial charge in [0.1, 0.15) is 11.9 Å². The van der Waals surface area contributed by atoms with E-state index >= 15 is 0 Å². The fourth-order valence-electron chi connectivity index (χ4n) is 2.81. The number of carboxylic acids is 1. The number of methoxy groups -OCH3 is 1. The third kappa shape index (κ3) is 2.35. The van der Waals surface area contributed by atoms with Crippen LogP contribution in [0.25, 0.3) is 0 Å². The highest BCUT2D eigenvalue weighted by molar-refractivity contribution is 5.95. The van der Waals surface area contributed by atoms with Gasteiger partial charge in [0.25, 0.3) is 0 Å². The van der Waals surface area contributed by atoms with E-state index in [1.807, 2.05) is 24.3 Å². The summed E-state index contributed by atoms with van der Waals surface area (Å²) in [4.78, 5) is 15.6. The molecule has 1 aliphatic carbocycles. The molecule has 106 valence electrons. The standard InChI is InChI=1S/C15H17NO4/c1-19-11-5-2-9(3-6-11)14-16-12-7-4-10(15(17)18)8-13(12)20-14/h2-3,5-6,10,12-13H,4,7-8H2,1H3,(H,17,18). The van der Waals surface area contributed by atoms with Gasteiger partial charge in [-0.3, -0.25) is 4.79 Å². The monoisotopic (exact) mass is 275 g/mol. The van der Waals surface area contributed by atoms with Gasteiger partial charge in [-0.1, -0.05) is 0 Å². The molecule has 1 fully saturated rings. The Morgan fingerprint density at radius 1 is 1.35 bits per heavy atom. The Kier molecular flexibility index (Phi) is 3.34. The maximum Gasteiger partial charge on any atom is 0.306 e. The summed E-state index contributed by atoms with van der Waals surface area (Å²) in [5, 5.41) is 9.09. The number of hydrogen-bond acceptors (Lipinski definition) is 4. The Morgan fingerprint density at radius 3 is 2.75 bits per heavy atom. The Labute approximate surface area is 117 Å². The molecule has 0 amide bonds. The lowest BCUT2D eigenvalue weighted by Gasteiger charge is -2.26. The molecule has 0 saturated heterocycles. The van der Waals surface area contributed by atoms with Gasteiger partial charge in [-0.2, -0.15) is 0 Å². The number of benzene rings is 1. The summed E-state index contributed by atoms with van der Waals surface area (Å²) in [6.07, 6.45) is 1.91. The van der Waals surface area contributed by atoms with Crippen molar-refractivity contribution in [3.8, 4) is 5.75 Å². The number of nitrogens with zero attached hydrogens (tertiary/aromatic N) is 1. The summed E-state index contributed by atoms with van der Waals surface area (Å²) in [7, 11) is 1.62. The van der Waals surface area contributed by atoms with E-state index < -0.39 is 5.97 Å². The fourth-order valence-corrected chi connectivity index (χ4v) is 2.81. The molecule has 0 bridgehead atoms. The van der Waals surface area contributed by atoms with E-state index in [1.165, 1.54) is 0 Å². The lowest BCUT2D eigenvalue weighted by molar-refractivity contribution is -0.143. The molecule has 0 spiro atoms. The van der Waals surface area contributed by atoms with Crippen molar-refractivity contribution in [1.82, 2.24) is 0 Å². The van der Waals surface area contributed by atoms with E-state index in [2.05, 4.69) is 4.99 Å². The van der Waals surface area contributed by atoms with Gasteiger partial charge in [-0.25, -0.2) is 4.99 Å². The Balaban J connectivity index is 1.73. The second-order valence-electron chi connectivity index (χ2n) is 5.23. The first-order valence-corrected chi connectivity index (χ1v) is 6.79. The van der Waals surface area contributed by atoms with E-state index in [1.54, 1.807) is 7.11 Å². The van der Waals surface area contributed by atoms with E-state index in [0.29, 0.717) is 18.7 Å². The number of carboxylic acid groups (broad SMARTS) is 1. The van der Waals surface area contributed by atoms with Gasteiger partial charge in [0, 0.05) is 5.56 Å². The summed E-state index contributed by atoms with van der Waals surface area (Å²) in [6.45, 7) is 0. The van der Waals surface area contributed by atoms with Crippen molar-refractivity contribution < 1.29 is 19.4 Å². The van der Waals surface area contributed by atoms with Crippen LogP contribution in [0.3, 0.4) is 0 Å². The zero-order chi connectivity index (χ0) is 14.1. The summed E-state index contributed by atoms with van der Waals surface area (Å²) >= 11 is 0.